The molecule has 2 rings (SSSR count). The predicted octanol–water partition coefficient (Wildman–Crippen LogP) is 3.07. The first kappa shape index (κ1) is 9.88. The minimum absolute atomic E-state index is 0.477. The Balaban J connectivity index is 2.15. The predicted molar refractivity (Wildman–Crippen MR) is 61.1 cm³/mol. The van der Waals surface area contributed by atoms with Crippen molar-refractivity contribution in [1.29, 1.82) is 0 Å². The van der Waals surface area contributed by atoms with E-state index in [2.05, 4.69) is 25.1 Å². The van der Waals surface area contributed by atoms with Gasteiger partial charge in [-0.15, -0.1) is 0 Å². The lowest BCUT2D eigenvalue weighted by atomic mass is 9.84. The average Bonchev–Trinajstić information content (AvgIpc) is 2.14. The van der Waals surface area contributed by atoms with Crippen molar-refractivity contribution in [3.8, 4) is 0 Å². The van der Waals surface area contributed by atoms with E-state index in [1.165, 1.54) is 32.1 Å². The van der Waals surface area contributed by atoms with E-state index in [9.17, 15) is 0 Å². The van der Waals surface area contributed by atoms with Crippen molar-refractivity contribution in [2.24, 2.45) is 21.8 Å². The Hall–Kier alpha value is -0.660. The van der Waals surface area contributed by atoms with Gasteiger partial charge in [0.25, 0.3) is 0 Å². The number of hydrogen-bond acceptors (Lipinski definition) is 2. The Morgan fingerprint density at radius 3 is 3.00 bits per heavy atom. The van der Waals surface area contributed by atoms with Gasteiger partial charge in [-0.1, -0.05) is 20.3 Å². The minimum atomic E-state index is 0.477. The molecule has 0 aromatic rings. The summed E-state index contributed by atoms with van der Waals surface area (Å²) in [7, 11) is 0. The van der Waals surface area contributed by atoms with Crippen molar-refractivity contribution in [2.75, 3.05) is 0 Å². The summed E-state index contributed by atoms with van der Waals surface area (Å²) < 4.78 is 0. The second kappa shape index (κ2) is 4.24. The molecule has 1 aliphatic heterocycles. The molecular formula is C12H20N2. The lowest BCUT2D eigenvalue weighted by Crippen LogP contribution is -2.23. The number of aliphatic imine (C=N–C) groups is 2. The van der Waals surface area contributed by atoms with Gasteiger partial charge in [0, 0.05) is 12.1 Å². The monoisotopic (exact) mass is 192 g/mol. The lowest BCUT2D eigenvalue weighted by molar-refractivity contribution is 0.331. The van der Waals surface area contributed by atoms with Crippen molar-refractivity contribution in [3.63, 3.8) is 0 Å². The van der Waals surface area contributed by atoms with Gasteiger partial charge in [0.05, 0.1) is 6.04 Å². The molecule has 2 unspecified atom stereocenters. The highest BCUT2D eigenvalue weighted by Crippen LogP contribution is 2.29. The molecule has 2 atom stereocenters. The molecule has 2 aliphatic rings. The molecule has 0 spiro atoms. The molecule has 1 heterocycles. The molecule has 0 aromatic carbocycles. The van der Waals surface area contributed by atoms with E-state index in [0.29, 0.717) is 12.0 Å². The second-order valence-electron chi connectivity index (χ2n) is 4.88. The molecule has 0 aromatic heterocycles. The van der Waals surface area contributed by atoms with E-state index in [-0.39, 0.29) is 0 Å². The van der Waals surface area contributed by atoms with Gasteiger partial charge >= 0.3 is 0 Å². The van der Waals surface area contributed by atoms with Crippen molar-refractivity contribution in [1.82, 2.24) is 0 Å². The van der Waals surface area contributed by atoms with Crippen molar-refractivity contribution >= 4 is 12.1 Å². The lowest BCUT2D eigenvalue weighted by Gasteiger charge is -2.27. The molecule has 2 heteroatoms. The van der Waals surface area contributed by atoms with Crippen molar-refractivity contribution in [3.05, 3.63) is 0 Å². The van der Waals surface area contributed by atoms with Gasteiger partial charge < -0.3 is 0 Å². The number of hydrogen-bond donors (Lipinski definition) is 0. The van der Waals surface area contributed by atoms with Crippen LogP contribution >= 0.6 is 0 Å². The van der Waals surface area contributed by atoms with E-state index < -0.39 is 0 Å². The molecule has 14 heavy (non-hydrogen) atoms. The van der Waals surface area contributed by atoms with E-state index >= 15 is 0 Å². The summed E-state index contributed by atoms with van der Waals surface area (Å²) in [6.07, 6.45) is 8.57. The molecule has 78 valence electrons. The summed E-state index contributed by atoms with van der Waals surface area (Å²) in [6.45, 7) is 4.36. The summed E-state index contributed by atoms with van der Waals surface area (Å²) in [5.74, 6) is 2.40. The van der Waals surface area contributed by atoms with Crippen LogP contribution in [0.2, 0.25) is 0 Å². The topological polar surface area (TPSA) is 24.7 Å². The number of amidine groups is 1. The number of nitrogens with zero attached hydrogens (tertiary/aromatic N) is 2. The van der Waals surface area contributed by atoms with Crippen LogP contribution < -0.4 is 0 Å². The maximum atomic E-state index is 4.77. The third-order valence-electron chi connectivity index (χ3n) is 3.25. The van der Waals surface area contributed by atoms with Crippen LogP contribution in [0.4, 0.5) is 0 Å². The highest BCUT2D eigenvalue weighted by molar-refractivity contribution is 5.91. The molecule has 0 saturated heterocycles. The molecule has 1 aliphatic carbocycles. The standard InChI is InChI=1S/C12H20N2/c1-9(2)12-13-7-6-10-4-3-5-11(8-10)14-12/h7,9-11H,3-6,8H2,1-2H3/b13-7-,14-12+. The fraction of sp³-hybridized carbons (Fsp3) is 0.833. The van der Waals surface area contributed by atoms with E-state index in [0.717, 1.165) is 11.8 Å². The molecule has 0 amide bonds. The molecule has 0 radical (unpaired) electrons. The second-order valence-corrected chi connectivity index (χ2v) is 4.88. The molecule has 1 saturated carbocycles. The Bertz CT molecular complexity index is 253. The van der Waals surface area contributed by atoms with Crippen LogP contribution in [0.25, 0.3) is 0 Å². The van der Waals surface area contributed by atoms with Gasteiger partial charge in [-0.25, -0.2) is 4.99 Å². The van der Waals surface area contributed by atoms with Gasteiger partial charge in [0.2, 0.25) is 0 Å². The Morgan fingerprint density at radius 2 is 2.21 bits per heavy atom. The maximum absolute atomic E-state index is 4.77. The third-order valence-corrected chi connectivity index (χ3v) is 3.25. The first-order valence-corrected chi connectivity index (χ1v) is 5.86. The minimum Gasteiger partial charge on any atom is -0.267 e. The zero-order valence-corrected chi connectivity index (χ0v) is 9.24. The van der Waals surface area contributed by atoms with Gasteiger partial charge in [-0.2, -0.15) is 0 Å². The highest BCUT2D eigenvalue weighted by atomic mass is 14.9. The number of rotatable bonds is 1. The molecular weight excluding hydrogens is 172 g/mol. The fourth-order valence-corrected chi connectivity index (χ4v) is 2.41. The first-order valence-electron chi connectivity index (χ1n) is 5.86. The summed E-state index contributed by atoms with van der Waals surface area (Å²) in [4.78, 5) is 9.26. The Morgan fingerprint density at radius 1 is 1.36 bits per heavy atom. The van der Waals surface area contributed by atoms with Crippen molar-refractivity contribution in [2.45, 2.75) is 52.0 Å². The summed E-state index contributed by atoms with van der Waals surface area (Å²) >= 11 is 0. The van der Waals surface area contributed by atoms with E-state index in [1.807, 2.05) is 0 Å². The van der Waals surface area contributed by atoms with Crippen LogP contribution in [0.15, 0.2) is 9.98 Å². The van der Waals surface area contributed by atoms with Crippen LogP contribution in [-0.4, -0.2) is 18.1 Å². The van der Waals surface area contributed by atoms with Gasteiger partial charge in [-0.05, 0) is 31.6 Å². The van der Waals surface area contributed by atoms with Gasteiger partial charge in [-0.3, -0.25) is 4.99 Å². The zero-order valence-electron chi connectivity index (χ0n) is 9.24. The fourth-order valence-electron chi connectivity index (χ4n) is 2.41. The zero-order chi connectivity index (χ0) is 9.97. The van der Waals surface area contributed by atoms with Crippen LogP contribution in [0.3, 0.4) is 0 Å². The van der Waals surface area contributed by atoms with E-state index in [1.54, 1.807) is 0 Å². The van der Waals surface area contributed by atoms with Crippen LogP contribution in [0, 0.1) is 11.8 Å². The third kappa shape index (κ3) is 2.23. The first-order chi connectivity index (χ1) is 6.75. The molecule has 2 bridgehead atoms. The SMILES string of the molecule is CC(C)C1=N\C2CCCC(C/C=N\1)C2. The van der Waals surface area contributed by atoms with Crippen LogP contribution in [0.5, 0.6) is 0 Å². The quantitative estimate of drug-likeness (QED) is 0.610. The maximum Gasteiger partial charge on any atom is 0.125 e. The largest absolute Gasteiger partial charge is 0.267 e. The Labute approximate surface area is 86.5 Å². The summed E-state index contributed by atoms with van der Waals surface area (Å²) in [5.41, 5.74) is 0. The smallest absolute Gasteiger partial charge is 0.125 e. The molecule has 0 N–H and O–H groups in total. The molecule has 1 fully saturated rings. The van der Waals surface area contributed by atoms with Crippen LogP contribution in [-0.2, 0) is 0 Å². The average molecular weight is 192 g/mol. The van der Waals surface area contributed by atoms with Gasteiger partial charge in [0.1, 0.15) is 5.84 Å². The molecule has 2 nitrogen and oxygen atoms in total. The van der Waals surface area contributed by atoms with Crippen molar-refractivity contribution < 1.29 is 0 Å². The highest BCUT2D eigenvalue weighted by Gasteiger charge is 2.23. The summed E-state index contributed by atoms with van der Waals surface area (Å²) in [6, 6.07) is 0.573. The summed E-state index contributed by atoms with van der Waals surface area (Å²) in [5, 5.41) is 0. The number of fused-ring (bicyclic) bond motifs is 2. The normalized spacial score (nSPS) is 38.4. The van der Waals surface area contributed by atoms with Gasteiger partial charge in [0.15, 0.2) is 0 Å². The Kier molecular flexibility index (Phi) is 2.99. The van der Waals surface area contributed by atoms with Crippen LogP contribution in [0.1, 0.15) is 46.0 Å². The van der Waals surface area contributed by atoms with E-state index in [4.69, 9.17) is 4.99 Å².